The van der Waals surface area contributed by atoms with Crippen molar-refractivity contribution in [2.75, 3.05) is 0 Å². The molecule has 0 aliphatic carbocycles. The molecule has 142 valence electrons. The van der Waals surface area contributed by atoms with Gasteiger partial charge in [-0.05, 0) is 36.2 Å². The molecule has 0 saturated carbocycles. The van der Waals surface area contributed by atoms with Crippen molar-refractivity contribution in [3.63, 3.8) is 0 Å². The predicted octanol–water partition coefficient (Wildman–Crippen LogP) is -4.61. The summed E-state index contributed by atoms with van der Waals surface area (Å²) >= 11 is 2.52. The van der Waals surface area contributed by atoms with Crippen LogP contribution in [0.5, 0.6) is 0 Å². The van der Waals surface area contributed by atoms with Crippen LogP contribution in [-0.4, -0.2) is 61.4 Å². The Morgan fingerprint density at radius 3 is 2.48 bits per heavy atom. The number of nitrogens with one attached hydrogen (secondary N) is 1. The number of β-lactam (4-membered cyclic amide) rings is 1. The first-order valence-corrected chi connectivity index (χ1v) is 9.23. The number of nitrogens with zero attached hydrogens (tertiary/aromatic N) is 1. The second kappa shape index (κ2) is 8.50. The second-order valence-corrected chi connectivity index (χ2v) is 8.94. The van der Waals surface area contributed by atoms with Crippen molar-refractivity contribution in [2.45, 2.75) is 42.0 Å². The number of carboxylic acid groups (broad SMARTS) is 2. The van der Waals surface area contributed by atoms with Crippen LogP contribution in [0.4, 0.5) is 0 Å². The van der Waals surface area contributed by atoms with Crippen LogP contribution < -0.4 is 40.0 Å². The summed E-state index contributed by atoms with van der Waals surface area (Å²) in [5.74, 6) is -5.41. The normalized spacial score (nSPS) is 25.9. The van der Waals surface area contributed by atoms with Crippen LogP contribution in [0.2, 0.25) is 0 Å². The standard InChI is InChI=1S/C15H16N2O6S2.Na.H2O/c1-15(2)9(14(22)23)17-11(19)8(12(17)25-15)16-10(18)7(13(20)21)6-3-4-24-5-6;;/h3-5,7-9,12H,1-2H3,(H,16,18)(H,20,21)(H,22,23);;1H2/q;+1;/p-1/t7-,8+,9-,12+;;/m0../s1. The first-order chi connectivity index (χ1) is 11.6. The van der Waals surface area contributed by atoms with Crippen molar-refractivity contribution in [1.29, 1.82) is 0 Å². The van der Waals surface area contributed by atoms with Crippen molar-refractivity contribution in [3.8, 4) is 0 Å². The van der Waals surface area contributed by atoms with Crippen LogP contribution in [0.15, 0.2) is 16.8 Å². The van der Waals surface area contributed by atoms with Gasteiger partial charge in [-0.15, -0.1) is 11.8 Å². The molecule has 1 aromatic heterocycles. The van der Waals surface area contributed by atoms with Crippen LogP contribution in [0.3, 0.4) is 0 Å². The van der Waals surface area contributed by atoms with Crippen molar-refractivity contribution in [2.24, 2.45) is 0 Å². The molecule has 0 radical (unpaired) electrons. The first-order valence-electron chi connectivity index (χ1n) is 7.41. The van der Waals surface area contributed by atoms with E-state index in [1.165, 1.54) is 34.1 Å². The number of amides is 2. The van der Waals surface area contributed by atoms with Gasteiger partial charge >= 0.3 is 35.5 Å². The van der Waals surface area contributed by atoms with Gasteiger partial charge in [-0.25, -0.2) is 0 Å². The van der Waals surface area contributed by atoms with Crippen molar-refractivity contribution >= 4 is 46.9 Å². The number of thioether (sulfide) groups is 1. The zero-order valence-corrected chi connectivity index (χ0v) is 18.4. The molecular formula is C15H17N2NaO7S2. The Balaban J connectivity index is 0.00000182. The maximum atomic E-state index is 12.4. The third-order valence-corrected chi connectivity index (χ3v) is 6.62. The average molecular weight is 424 g/mol. The summed E-state index contributed by atoms with van der Waals surface area (Å²) in [5.41, 5.74) is 0.339. The summed E-state index contributed by atoms with van der Waals surface area (Å²) in [6.07, 6.45) is 0. The smallest absolute Gasteiger partial charge is 0.548 e. The summed E-state index contributed by atoms with van der Waals surface area (Å²) < 4.78 is -0.766. The van der Waals surface area contributed by atoms with Gasteiger partial charge in [0, 0.05) is 4.75 Å². The van der Waals surface area contributed by atoms with E-state index in [4.69, 9.17) is 0 Å². The monoisotopic (exact) mass is 424 g/mol. The summed E-state index contributed by atoms with van der Waals surface area (Å²) in [6.45, 7) is 3.38. The van der Waals surface area contributed by atoms with E-state index >= 15 is 0 Å². The van der Waals surface area contributed by atoms with Crippen LogP contribution in [0.1, 0.15) is 25.3 Å². The van der Waals surface area contributed by atoms with Crippen molar-refractivity contribution in [3.05, 3.63) is 22.4 Å². The van der Waals surface area contributed by atoms with E-state index < -0.39 is 51.9 Å². The number of carbonyl (C=O) groups excluding carboxylic acids is 3. The topological polar surface area (TPSA) is 158 Å². The quantitative estimate of drug-likeness (QED) is 0.273. The molecule has 0 unspecified atom stereocenters. The average Bonchev–Trinajstić information content (AvgIpc) is 3.09. The molecule has 3 rings (SSSR count). The fourth-order valence-electron chi connectivity index (χ4n) is 3.21. The van der Waals surface area contributed by atoms with E-state index in [0.29, 0.717) is 5.56 Å². The minimum absolute atomic E-state index is 0. The van der Waals surface area contributed by atoms with E-state index in [9.17, 15) is 29.4 Å². The summed E-state index contributed by atoms with van der Waals surface area (Å²) in [4.78, 5) is 48.7. The number of hydrogen-bond acceptors (Lipinski definition) is 7. The molecule has 12 heteroatoms. The summed E-state index contributed by atoms with van der Waals surface area (Å²) in [5, 5.41) is 25.8. The van der Waals surface area contributed by atoms with Crippen LogP contribution in [-0.2, 0) is 19.2 Å². The van der Waals surface area contributed by atoms with Crippen LogP contribution in [0.25, 0.3) is 0 Å². The molecular weight excluding hydrogens is 407 g/mol. The molecule has 2 saturated heterocycles. The molecule has 9 nitrogen and oxygen atoms in total. The number of thiophene rings is 1. The fraction of sp³-hybridized carbons (Fsp3) is 0.467. The molecule has 2 amide bonds. The molecule has 4 N–H and O–H groups in total. The molecule has 2 fully saturated rings. The Bertz CT molecular complexity index is 755. The van der Waals surface area contributed by atoms with Gasteiger partial charge in [0.15, 0.2) is 5.92 Å². The zero-order valence-electron chi connectivity index (χ0n) is 14.8. The van der Waals surface area contributed by atoms with Gasteiger partial charge in [0.2, 0.25) is 11.8 Å². The van der Waals surface area contributed by atoms with Gasteiger partial charge in [0.25, 0.3) is 0 Å². The van der Waals surface area contributed by atoms with Gasteiger partial charge in [0.1, 0.15) is 11.4 Å². The second-order valence-electron chi connectivity index (χ2n) is 6.39. The van der Waals surface area contributed by atoms with Gasteiger partial charge in [-0.3, -0.25) is 14.4 Å². The van der Waals surface area contributed by atoms with E-state index in [1.807, 2.05) is 0 Å². The van der Waals surface area contributed by atoms with Gasteiger partial charge in [0.05, 0.1) is 12.0 Å². The third-order valence-electron chi connectivity index (χ3n) is 4.35. The number of aliphatic carboxylic acids is 2. The molecule has 0 aromatic carbocycles. The van der Waals surface area contributed by atoms with Gasteiger partial charge < -0.3 is 30.7 Å². The third kappa shape index (κ3) is 4.03. The Morgan fingerprint density at radius 1 is 1.37 bits per heavy atom. The minimum atomic E-state index is -1.41. The molecule has 4 atom stereocenters. The fourth-order valence-corrected chi connectivity index (χ4v) is 5.52. The van der Waals surface area contributed by atoms with Crippen molar-refractivity contribution in [1.82, 2.24) is 10.2 Å². The van der Waals surface area contributed by atoms with Crippen LogP contribution in [0, 0.1) is 0 Å². The maximum absolute atomic E-state index is 12.4. The van der Waals surface area contributed by atoms with Crippen LogP contribution >= 0.6 is 23.1 Å². The Kier molecular flexibility index (Phi) is 7.53. The maximum Gasteiger partial charge on any atom is 1.00 e. The molecule has 2 aliphatic rings. The number of hydrogen-bond donors (Lipinski definition) is 2. The number of rotatable bonds is 5. The van der Waals surface area contributed by atoms with E-state index in [1.54, 1.807) is 24.6 Å². The molecule has 27 heavy (non-hydrogen) atoms. The molecule has 1 aromatic rings. The molecule has 0 bridgehead atoms. The van der Waals surface area contributed by atoms with Gasteiger partial charge in [-0.1, -0.05) is 0 Å². The van der Waals surface area contributed by atoms with E-state index in [2.05, 4.69) is 5.32 Å². The SMILES string of the molecule is CC1(C)S[C@@H]2[C@H](NC(=O)[C@@H](C(=O)O)c3ccsc3)C(=O)N2[C@H]1C(=O)[O-].O.[Na+]. The number of fused-ring (bicyclic) bond motifs is 1. The van der Waals surface area contributed by atoms with Crippen molar-refractivity contribution < 1.29 is 64.4 Å². The molecule has 3 heterocycles. The Morgan fingerprint density at radius 2 is 2.00 bits per heavy atom. The molecule has 0 spiro atoms. The number of carbonyl (C=O) groups is 4. The largest absolute Gasteiger partial charge is 1.00 e. The summed E-state index contributed by atoms with van der Waals surface area (Å²) in [7, 11) is 0. The molecule has 2 aliphatic heterocycles. The summed E-state index contributed by atoms with van der Waals surface area (Å²) in [6, 6.07) is -0.491. The van der Waals surface area contributed by atoms with E-state index in [-0.39, 0.29) is 35.0 Å². The predicted molar refractivity (Wildman–Crippen MR) is 91.3 cm³/mol. The Hall–Kier alpha value is -1.11. The zero-order chi connectivity index (χ0) is 18.5. The first kappa shape index (κ1) is 23.9. The Labute approximate surface area is 185 Å². The van der Waals surface area contributed by atoms with Gasteiger partial charge in [-0.2, -0.15) is 11.3 Å². The number of carboxylic acids is 2. The van der Waals surface area contributed by atoms with E-state index in [0.717, 1.165) is 0 Å². The minimum Gasteiger partial charge on any atom is -0.548 e.